The van der Waals surface area contributed by atoms with E-state index in [1.165, 1.54) is 17.7 Å². The number of nitrogens with zero attached hydrogens (tertiary/aromatic N) is 1. The van der Waals surface area contributed by atoms with Crippen LogP contribution in [0.15, 0.2) is 18.2 Å². The second kappa shape index (κ2) is 4.42. The van der Waals surface area contributed by atoms with Crippen LogP contribution >= 0.6 is 11.6 Å². The predicted octanol–water partition coefficient (Wildman–Crippen LogP) is 2.45. The van der Waals surface area contributed by atoms with E-state index in [0.29, 0.717) is 6.04 Å². The van der Waals surface area contributed by atoms with Crippen molar-refractivity contribution in [2.75, 3.05) is 25.0 Å². The molecule has 1 aromatic rings. The van der Waals surface area contributed by atoms with Gasteiger partial charge in [0.15, 0.2) is 0 Å². The van der Waals surface area contributed by atoms with Gasteiger partial charge in [-0.25, -0.2) is 0 Å². The SMILES string of the molecule is Cc1ccc(Cl)cc1N(C)C1CCNC1. The van der Waals surface area contributed by atoms with Crippen LogP contribution in [-0.2, 0) is 0 Å². The highest BCUT2D eigenvalue weighted by molar-refractivity contribution is 6.30. The van der Waals surface area contributed by atoms with Gasteiger partial charge in [-0.2, -0.15) is 0 Å². The minimum Gasteiger partial charge on any atom is -0.370 e. The zero-order valence-electron chi connectivity index (χ0n) is 9.26. The van der Waals surface area contributed by atoms with Gasteiger partial charge in [-0.3, -0.25) is 0 Å². The Hall–Kier alpha value is -0.730. The average molecular weight is 225 g/mol. The highest BCUT2D eigenvalue weighted by Gasteiger charge is 2.20. The van der Waals surface area contributed by atoms with Gasteiger partial charge >= 0.3 is 0 Å². The van der Waals surface area contributed by atoms with Gasteiger partial charge in [0, 0.05) is 30.3 Å². The Bertz CT molecular complexity index is 345. The lowest BCUT2D eigenvalue weighted by molar-refractivity contribution is 0.684. The van der Waals surface area contributed by atoms with Gasteiger partial charge in [0.05, 0.1) is 0 Å². The first-order chi connectivity index (χ1) is 7.18. The van der Waals surface area contributed by atoms with Gasteiger partial charge in [-0.15, -0.1) is 0 Å². The molecule has 0 saturated carbocycles. The van der Waals surface area contributed by atoms with Crippen molar-refractivity contribution in [3.05, 3.63) is 28.8 Å². The van der Waals surface area contributed by atoms with Crippen molar-refractivity contribution in [3.63, 3.8) is 0 Å². The molecule has 0 aliphatic carbocycles. The molecule has 1 fully saturated rings. The fraction of sp³-hybridized carbons (Fsp3) is 0.500. The largest absolute Gasteiger partial charge is 0.370 e. The summed E-state index contributed by atoms with van der Waals surface area (Å²) in [6.45, 7) is 4.32. The lowest BCUT2D eigenvalue weighted by Crippen LogP contribution is -2.33. The summed E-state index contributed by atoms with van der Waals surface area (Å²) in [6.07, 6.45) is 1.21. The number of benzene rings is 1. The van der Waals surface area contributed by atoms with Crippen molar-refractivity contribution in [2.24, 2.45) is 0 Å². The van der Waals surface area contributed by atoms with Crippen LogP contribution in [0.2, 0.25) is 5.02 Å². The standard InChI is InChI=1S/C12H17ClN2/c1-9-3-4-10(13)7-12(9)15(2)11-5-6-14-8-11/h3-4,7,11,14H,5-6,8H2,1-2H3. The molecule has 1 heterocycles. The smallest absolute Gasteiger partial charge is 0.0426 e. The molecular weight excluding hydrogens is 208 g/mol. The lowest BCUT2D eigenvalue weighted by Gasteiger charge is -2.27. The number of anilines is 1. The molecule has 1 aliphatic rings. The zero-order valence-corrected chi connectivity index (χ0v) is 10.0. The topological polar surface area (TPSA) is 15.3 Å². The van der Waals surface area contributed by atoms with E-state index < -0.39 is 0 Å². The first kappa shape index (κ1) is 10.8. The van der Waals surface area contributed by atoms with Crippen LogP contribution in [0.1, 0.15) is 12.0 Å². The Morgan fingerprint density at radius 2 is 2.27 bits per heavy atom. The number of hydrogen-bond acceptors (Lipinski definition) is 2. The van der Waals surface area contributed by atoms with E-state index in [2.05, 4.69) is 36.3 Å². The zero-order chi connectivity index (χ0) is 10.8. The molecule has 1 saturated heterocycles. The van der Waals surface area contributed by atoms with Gasteiger partial charge in [0.25, 0.3) is 0 Å². The maximum absolute atomic E-state index is 6.03. The molecule has 0 radical (unpaired) electrons. The summed E-state index contributed by atoms with van der Waals surface area (Å²) in [5, 5.41) is 4.20. The number of halogens is 1. The third-order valence-corrected chi connectivity index (χ3v) is 3.37. The van der Waals surface area contributed by atoms with E-state index in [-0.39, 0.29) is 0 Å². The van der Waals surface area contributed by atoms with E-state index in [9.17, 15) is 0 Å². The van der Waals surface area contributed by atoms with Crippen LogP contribution < -0.4 is 10.2 Å². The Morgan fingerprint density at radius 3 is 2.93 bits per heavy atom. The van der Waals surface area contributed by atoms with E-state index in [4.69, 9.17) is 11.6 Å². The molecule has 0 spiro atoms. The summed E-state index contributed by atoms with van der Waals surface area (Å²) in [4.78, 5) is 2.33. The Kier molecular flexibility index (Phi) is 3.17. The molecule has 15 heavy (non-hydrogen) atoms. The summed E-state index contributed by atoms with van der Waals surface area (Å²) < 4.78 is 0. The number of rotatable bonds is 2. The predicted molar refractivity (Wildman–Crippen MR) is 65.9 cm³/mol. The molecule has 1 aromatic carbocycles. The minimum atomic E-state index is 0.599. The normalized spacial score (nSPS) is 20.6. The third kappa shape index (κ3) is 2.27. The molecule has 1 unspecified atom stereocenters. The summed E-state index contributed by atoms with van der Waals surface area (Å²) in [6, 6.07) is 6.68. The van der Waals surface area contributed by atoms with Crippen LogP contribution in [0.25, 0.3) is 0 Å². The Morgan fingerprint density at radius 1 is 1.47 bits per heavy atom. The Labute approximate surface area is 96.2 Å². The van der Waals surface area contributed by atoms with Crippen LogP contribution in [0.4, 0.5) is 5.69 Å². The number of nitrogens with one attached hydrogen (secondary N) is 1. The van der Waals surface area contributed by atoms with Crippen LogP contribution in [0.5, 0.6) is 0 Å². The van der Waals surface area contributed by atoms with Gasteiger partial charge in [-0.1, -0.05) is 17.7 Å². The highest BCUT2D eigenvalue weighted by Crippen LogP contribution is 2.26. The fourth-order valence-electron chi connectivity index (χ4n) is 2.13. The molecule has 82 valence electrons. The molecular formula is C12H17ClN2. The van der Waals surface area contributed by atoms with Crippen LogP contribution in [-0.4, -0.2) is 26.2 Å². The number of aryl methyl sites for hydroxylation is 1. The minimum absolute atomic E-state index is 0.599. The van der Waals surface area contributed by atoms with Crippen molar-refractivity contribution in [3.8, 4) is 0 Å². The first-order valence-electron chi connectivity index (χ1n) is 5.38. The van der Waals surface area contributed by atoms with E-state index in [1.54, 1.807) is 0 Å². The number of hydrogen-bond donors (Lipinski definition) is 1. The van der Waals surface area contributed by atoms with Crippen molar-refractivity contribution >= 4 is 17.3 Å². The maximum Gasteiger partial charge on any atom is 0.0426 e. The lowest BCUT2D eigenvalue weighted by atomic mass is 10.1. The van der Waals surface area contributed by atoms with Gasteiger partial charge in [-0.05, 0) is 37.6 Å². The molecule has 2 nitrogen and oxygen atoms in total. The molecule has 1 atom stereocenters. The van der Waals surface area contributed by atoms with Crippen LogP contribution in [0.3, 0.4) is 0 Å². The summed E-state index contributed by atoms with van der Waals surface area (Å²) in [5.74, 6) is 0. The van der Waals surface area contributed by atoms with E-state index >= 15 is 0 Å². The van der Waals surface area contributed by atoms with Gasteiger partial charge < -0.3 is 10.2 Å². The van der Waals surface area contributed by atoms with Crippen molar-refractivity contribution in [2.45, 2.75) is 19.4 Å². The van der Waals surface area contributed by atoms with E-state index in [0.717, 1.165) is 18.1 Å². The quantitative estimate of drug-likeness (QED) is 0.830. The number of likely N-dealkylation sites (N-methyl/N-ethyl adjacent to an activating group) is 1. The summed E-state index contributed by atoms with van der Waals surface area (Å²) in [5.41, 5.74) is 2.53. The molecule has 1 aliphatic heterocycles. The van der Waals surface area contributed by atoms with Gasteiger partial charge in [0.2, 0.25) is 0 Å². The molecule has 0 aromatic heterocycles. The van der Waals surface area contributed by atoms with Crippen molar-refractivity contribution in [1.82, 2.24) is 5.32 Å². The van der Waals surface area contributed by atoms with Gasteiger partial charge in [0.1, 0.15) is 0 Å². The molecule has 0 amide bonds. The summed E-state index contributed by atoms with van der Waals surface area (Å²) in [7, 11) is 2.15. The second-order valence-corrected chi connectivity index (χ2v) is 4.62. The monoisotopic (exact) mass is 224 g/mol. The molecule has 0 bridgehead atoms. The molecule has 2 rings (SSSR count). The first-order valence-corrected chi connectivity index (χ1v) is 5.76. The summed E-state index contributed by atoms with van der Waals surface area (Å²) >= 11 is 6.03. The van der Waals surface area contributed by atoms with E-state index in [1.807, 2.05) is 6.07 Å². The van der Waals surface area contributed by atoms with Crippen LogP contribution in [0, 0.1) is 6.92 Å². The van der Waals surface area contributed by atoms with Crippen molar-refractivity contribution in [1.29, 1.82) is 0 Å². The maximum atomic E-state index is 6.03. The molecule has 1 N–H and O–H groups in total. The fourth-order valence-corrected chi connectivity index (χ4v) is 2.30. The Balaban J connectivity index is 2.23. The highest BCUT2D eigenvalue weighted by atomic mass is 35.5. The molecule has 3 heteroatoms. The average Bonchev–Trinajstić information content (AvgIpc) is 2.74. The third-order valence-electron chi connectivity index (χ3n) is 3.13. The second-order valence-electron chi connectivity index (χ2n) is 4.19. The van der Waals surface area contributed by atoms with Crippen molar-refractivity contribution < 1.29 is 0 Å².